The minimum Gasteiger partial charge on any atom is -0.487 e. The number of rotatable bonds is 2. The van der Waals surface area contributed by atoms with Crippen LogP contribution in [0.4, 0.5) is 5.69 Å². The highest BCUT2D eigenvalue weighted by atomic mass is 32.2. The Bertz CT molecular complexity index is 1090. The minimum absolute atomic E-state index is 0.224. The van der Waals surface area contributed by atoms with Gasteiger partial charge in [-0.3, -0.25) is 0 Å². The molecule has 0 bridgehead atoms. The standard InChI is InChI=1S/C18H17N3O4S/c22-26(23,13-4-2-1-3-5-13)21-8-6-14-16-15(10-19-17(14)21)25-12-18(20-16)7-9-24-11-18/h1-6,8,10,20H,7,9,11-12H2. The van der Waals surface area contributed by atoms with Crippen LogP contribution in [0.15, 0.2) is 53.7 Å². The molecule has 134 valence electrons. The summed E-state index contributed by atoms with van der Waals surface area (Å²) in [6.45, 7) is 1.76. The normalized spacial score (nSPS) is 22.2. The lowest BCUT2D eigenvalue weighted by Crippen LogP contribution is -2.47. The Morgan fingerprint density at radius 3 is 2.77 bits per heavy atom. The van der Waals surface area contributed by atoms with Crippen LogP contribution in [0.2, 0.25) is 0 Å². The number of ether oxygens (including phenoxy) is 2. The molecule has 2 aliphatic rings. The predicted octanol–water partition coefficient (Wildman–Crippen LogP) is 2.24. The molecule has 7 nitrogen and oxygen atoms in total. The van der Waals surface area contributed by atoms with Crippen LogP contribution in [-0.4, -0.2) is 42.7 Å². The molecule has 3 aromatic rings. The van der Waals surface area contributed by atoms with E-state index in [0.717, 1.165) is 12.1 Å². The van der Waals surface area contributed by atoms with Crippen LogP contribution in [-0.2, 0) is 14.8 Å². The third-order valence-corrected chi connectivity index (χ3v) is 6.62. The van der Waals surface area contributed by atoms with Crippen LogP contribution in [0.1, 0.15) is 6.42 Å². The van der Waals surface area contributed by atoms with E-state index in [2.05, 4.69) is 10.3 Å². The monoisotopic (exact) mass is 371 g/mol. The second kappa shape index (κ2) is 5.46. The van der Waals surface area contributed by atoms with Crippen LogP contribution in [0.3, 0.4) is 0 Å². The van der Waals surface area contributed by atoms with Gasteiger partial charge in [-0.1, -0.05) is 18.2 Å². The van der Waals surface area contributed by atoms with Gasteiger partial charge in [0, 0.05) is 18.2 Å². The first-order valence-corrected chi connectivity index (χ1v) is 9.83. The van der Waals surface area contributed by atoms with E-state index in [1.54, 1.807) is 42.6 Å². The smallest absolute Gasteiger partial charge is 0.269 e. The molecule has 0 saturated carbocycles. The van der Waals surface area contributed by atoms with Gasteiger partial charge in [-0.15, -0.1) is 0 Å². The molecular formula is C18H17N3O4S. The molecule has 1 spiro atoms. The molecule has 0 aliphatic carbocycles. The van der Waals surface area contributed by atoms with E-state index in [4.69, 9.17) is 9.47 Å². The zero-order chi connectivity index (χ0) is 17.8. The first-order chi connectivity index (χ1) is 12.6. The molecule has 26 heavy (non-hydrogen) atoms. The Hall–Kier alpha value is -2.58. The molecule has 1 atom stereocenters. The van der Waals surface area contributed by atoms with Crippen LogP contribution in [0.5, 0.6) is 5.75 Å². The number of anilines is 1. The number of benzene rings is 1. The summed E-state index contributed by atoms with van der Waals surface area (Å²) in [4.78, 5) is 4.57. The van der Waals surface area contributed by atoms with Gasteiger partial charge in [-0.2, -0.15) is 0 Å². The molecule has 5 rings (SSSR count). The average Bonchev–Trinajstić information content (AvgIpc) is 3.30. The highest BCUT2D eigenvalue weighted by Crippen LogP contribution is 2.40. The van der Waals surface area contributed by atoms with Crippen molar-refractivity contribution in [3.63, 3.8) is 0 Å². The molecular weight excluding hydrogens is 354 g/mol. The van der Waals surface area contributed by atoms with E-state index in [0.29, 0.717) is 36.6 Å². The Morgan fingerprint density at radius 1 is 1.15 bits per heavy atom. The van der Waals surface area contributed by atoms with E-state index in [9.17, 15) is 8.42 Å². The van der Waals surface area contributed by atoms with Crippen LogP contribution in [0.25, 0.3) is 11.0 Å². The Labute approximate surface area is 150 Å². The lowest BCUT2D eigenvalue weighted by molar-refractivity contribution is 0.154. The first-order valence-electron chi connectivity index (χ1n) is 8.39. The summed E-state index contributed by atoms with van der Waals surface area (Å²) in [6.07, 6.45) is 3.96. The van der Waals surface area contributed by atoms with Gasteiger partial charge in [0.05, 0.1) is 28.9 Å². The molecule has 0 amide bonds. The number of hydrogen-bond donors (Lipinski definition) is 1. The van der Waals surface area contributed by atoms with Gasteiger partial charge in [0.2, 0.25) is 0 Å². The van der Waals surface area contributed by atoms with E-state index in [-0.39, 0.29) is 10.4 Å². The van der Waals surface area contributed by atoms with Crippen molar-refractivity contribution < 1.29 is 17.9 Å². The molecule has 2 aromatic heterocycles. The zero-order valence-electron chi connectivity index (χ0n) is 13.9. The van der Waals surface area contributed by atoms with Crippen LogP contribution < -0.4 is 10.1 Å². The Morgan fingerprint density at radius 2 is 2.00 bits per heavy atom. The summed E-state index contributed by atoms with van der Waals surface area (Å²) < 4.78 is 38.6. The minimum atomic E-state index is -3.72. The number of nitrogens with zero attached hydrogens (tertiary/aromatic N) is 2. The average molecular weight is 371 g/mol. The van der Waals surface area contributed by atoms with Gasteiger partial charge in [-0.05, 0) is 24.6 Å². The summed E-state index contributed by atoms with van der Waals surface area (Å²) in [7, 11) is -3.72. The number of hydrogen-bond acceptors (Lipinski definition) is 6. The van der Waals surface area contributed by atoms with Crippen molar-refractivity contribution in [3.8, 4) is 5.75 Å². The van der Waals surface area contributed by atoms with Gasteiger partial charge < -0.3 is 14.8 Å². The molecule has 1 unspecified atom stereocenters. The lowest BCUT2D eigenvalue weighted by Gasteiger charge is -2.35. The van der Waals surface area contributed by atoms with Crippen molar-refractivity contribution in [1.82, 2.24) is 8.96 Å². The van der Waals surface area contributed by atoms with Crippen molar-refractivity contribution >= 4 is 26.7 Å². The molecule has 1 aromatic carbocycles. The number of pyridine rings is 1. The fraction of sp³-hybridized carbons (Fsp3) is 0.278. The summed E-state index contributed by atoms with van der Waals surface area (Å²) in [5.41, 5.74) is 0.884. The topological polar surface area (TPSA) is 82.5 Å². The molecule has 4 heterocycles. The summed E-state index contributed by atoms with van der Waals surface area (Å²) >= 11 is 0. The Balaban J connectivity index is 1.65. The third kappa shape index (κ3) is 2.22. The third-order valence-electron chi connectivity index (χ3n) is 4.94. The maximum Gasteiger partial charge on any atom is 0.269 e. The van der Waals surface area contributed by atoms with Crippen LogP contribution in [0, 0.1) is 0 Å². The maximum atomic E-state index is 13.0. The fourth-order valence-electron chi connectivity index (χ4n) is 3.52. The number of fused-ring (bicyclic) bond motifs is 3. The highest BCUT2D eigenvalue weighted by Gasteiger charge is 2.40. The van der Waals surface area contributed by atoms with Crippen molar-refractivity contribution in [2.24, 2.45) is 0 Å². The lowest BCUT2D eigenvalue weighted by atomic mass is 9.97. The summed E-state index contributed by atoms with van der Waals surface area (Å²) in [5, 5.41) is 4.24. The summed E-state index contributed by atoms with van der Waals surface area (Å²) in [6, 6.07) is 10.1. The van der Waals surface area contributed by atoms with E-state index in [1.807, 2.05) is 0 Å². The van der Waals surface area contributed by atoms with Crippen molar-refractivity contribution in [2.45, 2.75) is 16.9 Å². The SMILES string of the molecule is O=S(=O)(c1ccccc1)n1ccc2c3c(cnc21)OCC1(CCOC1)N3. The van der Waals surface area contributed by atoms with Gasteiger partial charge in [0.15, 0.2) is 11.4 Å². The highest BCUT2D eigenvalue weighted by molar-refractivity contribution is 7.90. The van der Waals surface area contributed by atoms with Gasteiger partial charge in [0.1, 0.15) is 6.61 Å². The molecule has 1 N–H and O–H groups in total. The maximum absolute atomic E-state index is 13.0. The largest absolute Gasteiger partial charge is 0.487 e. The molecule has 2 aliphatic heterocycles. The summed E-state index contributed by atoms with van der Waals surface area (Å²) in [5.74, 6) is 0.630. The van der Waals surface area contributed by atoms with Gasteiger partial charge in [0.25, 0.3) is 10.0 Å². The van der Waals surface area contributed by atoms with Gasteiger partial charge >= 0.3 is 0 Å². The Kier molecular flexibility index (Phi) is 3.29. The van der Waals surface area contributed by atoms with Crippen molar-refractivity contribution in [3.05, 3.63) is 48.8 Å². The molecule has 1 fully saturated rings. The molecule has 0 radical (unpaired) electrons. The second-order valence-corrected chi connectivity index (χ2v) is 8.48. The van der Waals surface area contributed by atoms with E-state index >= 15 is 0 Å². The van der Waals surface area contributed by atoms with Crippen molar-refractivity contribution in [2.75, 3.05) is 25.1 Å². The second-order valence-electron chi connectivity index (χ2n) is 6.66. The predicted molar refractivity (Wildman–Crippen MR) is 96.0 cm³/mol. The fourth-order valence-corrected chi connectivity index (χ4v) is 4.84. The van der Waals surface area contributed by atoms with Gasteiger partial charge in [-0.25, -0.2) is 17.4 Å². The molecule has 1 saturated heterocycles. The zero-order valence-corrected chi connectivity index (χ0v) is 14.7. The molecule has 8 heteroatoms. The number of aromatic nitrogens is 2. The van der Waals surface area contributed by atoms with E-state index < -0.39 is 10.0 Å². The first kappa shape index (κ1) is 15.7. The quantitative estimate of drug-likeness (QED) is 0.744. The van der Waals surface area contributed by atoms with Crippen molar-refractivity contribution in [1.29, 1.82) is 0 Å². The number of nitrogens with one attached hydrogen (secondary N) is 1. The van der Waals surface area contributed by atoms with Crippen LogP contribution >= 0.6 is 0 Å². The van der Waals surface area contributed by atoms with E-state index in [1.165, 1.54) is 10.2 Å².